The zero-order chi connectivity index (χ0) is 24.4. The molecule has 5 nitrogen and oxygen atoms in total. The smallest absolute Gasteiger partial charge is 0.320 e. The molecule has 1 heterocycles. The lowest BCUT2D eigenvalue weighted by Gasteiger charge is -2.36. The van der Waals surface area contributed by atoms with E-state index in [-0.39, 0.29) is 6.03 Å². The van der Waals surface area contributed by atoms with Crippen molar-refractivity contribution >= 4 is 23.3 Å². The molecular formula is C27H27F2N3O2. The van der Waals surface area contributed by atoms with Crippen molar-refractivity contribution in [2.75, 3.05) is 23.3 Å². The summed E-state index contributed by atoms with van der Waals surface area (Å²) in [6, 6.07) is 14.5. The van der Waals surface area contributed by atoms with Crippen molar-refractivity contribution in [2.24, 2.45) is 0 Å². The maximum atomic E-state index is 14.1. The normalized spacial score (nSPS) is 13.9. The Morgan fingerprint density at radius 3 is 2.38 bits per heavy atom. The number of nitrogens with one attached hydrogen (secondary N) is 1. The first kappa shape index (κ1) is 23.4. The monoisotopic (exact) mass is 463 g/mol. The van der Waals surface area contributed by atoms with Gasteiger partial charge in [-0.3, -0.25) is 9.69 Å². The number of nitrogens with zero attached hydrogens (tertiary/aromatic N) is 2. The van der Waals surface area contributed by atoms with Crippen LogP contribution in [0.5, 0.6) is 0 Å². The Bertz CT molecular complexity index is 1240. The molecule has 0 radical (unpaired) electrons. The molecule has 0 spiro atoms. The van der Waals surface area contributed by atoms with Gasteiger partial charge in [0.15, 0.2) is 0 Å². The van der Waals surface area contributed by atoms with Gasteiger partial charge >= 0.3 is 6.03 Å². The first-order chi connectivity index (χ1) is 16.2. The maximum Gasteiger partial charge on any atom is 0.324 e. The van der Waals surface area contributed by atoms with E-state index in [4.69, 9.17) is 0 Å². The third-order valence-corrected chi connectivity index (χ3v) is 6.14. The summed E-state index contributed by atoms with van der Waals surface area (Å²) < 4.78 is 28.3. The number of hydrogen-bond acceptors (Lipinski definition) is 2. The molecule has 0 bridgehead atoms. The summed E-state index contributed by atoms with van der Waals surface area (Å²) in [5.41, 5.74) is 4.41. The molecule has 1 aliphatic heterocycles. The van der Waals surface area contributed by atoms with Crippen molar-refractivity contribution in [3.63, 3.8) is 0 Å². The minimum Gasteiger partial charge on any atom is -0.320 e. The number of halogens is 2. The predicted molar refractivity (Wildman–Crippen MR) is 129 cm³/mol. The van der Waals surface area contributed by atoms with Crippen LogP contribution in [0.4, 0.5) is 25.0 Å². The van der Waals surface area contributed by atoms with Gasteiger partial charge in [-0.1, -0.05) is 30.3 Å². The highest BCUT2D eigenvalue weighted by molar-refractivity contribution is 6.08. The molecule has 1 aliphatic rings. The Hall–Kier alpha value is -3.74. The van der Waals surface area contributed by atoms with E-state index < -0.39 is 23.1 Å². The molecule has 1 N–H and O–H groups in total. The Balaban J connectivity index is 1.60. The number of carbonyl (C=O) groups excluding carboxylic acids is 2. The number of urea groups is 1. The Kier molecular flexibility index (Phi) is 6.63. The van der Waals surface area contributed by atoms with Gasteiger partial charge in [-0.15, -0.1) is 0 Å². The largest absolute Gasteiger partial charge is 0.324 e. The topological polar surface area (TPSA) is 52.6 Å². The van der Waals surface area contributed by atoms with Crippen molar-refractivity contribution in [2.45, 2.75) is 33.7 Å². The lowest BCUT2D eigenvalue weighted by Crippen LogP contribution is -2.49. The molecule has 3 aromatic rings. The molecule has 0 aliphatic carbocycles. The second-order valence-corrected chi connectivity index (χ2v) is 8.70. The van der Waals surface area contributed by atoms with Crippen LogP contribution in [0.3, 0.4) is 0 Å². The van der Waals surface area contributed by atoms with Gasteiger partial charge in [0.1, 0.15) is 17.2 Å². The van der Waals surface area contributed by atoms with E-state index in [1.807, 2.05) is 39.0 Å². The summed E-state index contributed by atoms with van der Waals surface area (Å²) in [6.45, 7) is 7.51. The molecule has 7 heteroatoms. The van der Waals surface area contributed by atoms with Crippen LogP contribution in [0.1, 0.15) is 39.0 Å². The number of rotatable bonds is 5. The van der Waals surface area contributed by atoms with Gasteiger partial charge in [-0.25, -0.2) is 13.6 Å². The van der Waals surface area contributed by atoms with Gasteiger partial charge < -0.3 is 10.2 Å². The van der Waals surface area contributed by atoms with Crippen molar-refractivity contribution in [3.05, 3.63) is 94.0 Å². The van der Waals surface area contributed by atoms with Crippen LogP contribution in [0, 0.1) is 32.4 Å². The van der Waals surface area contributed by atoms with Crippen molar-refractivity contribution in [1.82, 2.24) is 4.90 Å². The molecule has 1 fully saturated rings. The number of anilines is 2. The number of carbonyl (C=O) groups is 2. The van der Waals surface area contributed by atoms with E-state index in [0.29, 0.717) is 31.0 Å². The number of benzene rings is 3. The van der Waals surface area contributed by atoms with Crippen LogP contribution in [0.15, 0.2) is 54.6 Å². The molecule has 0 unspecified atom stereocenters. The Morgan fingerprint density at radius 2 is 1.68 bits per heavy atom. The number of amides is 3. The minimum atomic E-state index is -0.944. The number of aryl methyl sites for hydroxylation is 3. The Labute approximate surface area is 198 Å². The molecule has 34 heavy (non-hydrogen) atoms. The molecule has 3 aromatic carbocycles. The van der Waals surface area contributed by atoms with Gasteiger partial charge in [-0.2, -0.15) is 0 Å². The average molecular weight is 464 g/mol. The fourth-order valence-electron chi connectivity index (χ4n) is 4.16. The molecule has 0 saturated carbocycles. The molecular weight excluding hydrogens is 436 g/mol. The summed E-state index contributed by atoms with van der Waals surface area (Å²) >= 11 is 0. The third-order valence-electron chi connectivity index (χ3n) is 6.14. The van der Waals surface area contributed by atoms with E-state index in [1.54, 1.807) is 21.9 Å². The van der Waals surface area contributed by atoms with Gasteiger partial charge in [-0.05, 0) is 73.7 Å². The zero-order valence-electron chi connectivity index (χ0n) is 19.5. The van der Waals surface area contributed by atoms with E-state index in [2.05, 4.69) is 11.4 Å². The van der Waals surface area contributed by atoms with Crippen LogP contribution < -0.4 is 10.2 Å². The van der Waals surface area contributed by atoms with E-state index >= 15 is 0 Å². The predicted octanol–water partition coefficient (Wildman–Crippen LogP) is 5.97. The summed E-state index contributed by atoms with van der Waals surface area (Å²) in [6.07, 6.45) is 0.750. The quantitative estimate of drug-likeness (QED) is 0.507. The van der Waals surface area contributed by atoms with Crippen LogP contribution in [0.2, 0.25) is 0 Å². The molecule has 3 amide bonds. The fraction of sp³-hybridized carbons (Fsp3) is 0.259. The molecule has 0 atom stereocenters. The summed E-state index contributed by atoms with van der Waals surface area (Å²) in [5.74, 6) is -2.79. The van der Waals surface area contributed by atoms with Crippen LogP contribution in [0.25, 0.3) is 0 Å². The van der Waals surface area contributed by atoms with Crippen LogP contribution in [-0.2, 0) is 6.54 Å². The first-order valence-corrected chi connectivity index (χ1v) is 11.2. The highest BCUT2D eigenvalue weighted by atomic mass is 19.1. The van der Waals surface area contributed by atoms with Crippen LogP contribution in [-0.4, -0.2) is 29.9 Å². The van der Waals surface area contributed by atoms with Crippen molar-refractivity contribution in [1.29, 1.82) is 0 Å². The van der Waals surface area contributed by atoms with Crippen LogP contribution >= 0.6 is 0 Å². The van der Waals surface area contributed by atoms with E-state index in [9.17, 15) is 18.4 Å². The van der Waals surface area contributed by atoms with Gasteiger partial charge in [0.2, 0.25) is 0 Å². The highest BCUT2D eigenvalue weighted by Gasteiger charge is 2.29. The maximum absolute atomic E-state index is 14.1. The van der Waals surface area contributed by atoms with Gasteiger partial charge in [0.25, 0.3) is 5.91 Å². The molecule has 4 rings (SSSR count). The third kappa shape index (κ3) is 4.78. The average Bonchev–Trinajstić information content (AvgIpc) is 2.78. The van der Waals surface area contributed by atoms with E-state index in [0.717, 1.165) is 29.7 Å². The standard InChI is InChI=1S/C27H27F2N3O2/c1-17-8-11-24(23(14-17)30-26(33)25-21(28)6-4-7-22(25)29)32-13-5-12-31(27(32)34)16-20-10-9-18(2)19(3)15-20/h4,6-11,14-15H,5,12-13,16H2,1-3H3,(H,30,33). The van der Waals surface area contributed by atoms with E-state index in [1.165, 1.54) is 17.2 Å². The minimum absolute atomic E-state index is 0.180. The number of hydrogen-bond donors (Lipinski definition) is 1. The van der Waals surface area contributed by atoms with Gasteiger partial charge in [0, 0.05) is 19.6 Å². The fourth-order valence-corrected chi connectivity index (χ4v) is 4.16. The summed E-state index contributed by atoms with van der Waals surface area (Å²) in [5, 5.41) is 2.61. The zero-order valence-corrected chi connectivity index (χ0v) is 19.5. The lowest BCUT2D eigenvalue weighted by atomic mass is 10.1. The SMILES string of the molecule is Cc1ccc(N2CCCN(Cc3ccc(C)c(C)c3)C2=O)c(NC(=O)c2c(F)cccc2F)c1. The highest BCUT2D eigenvalue weighted by Crippen LogP contribution is 2.31. The summed E-state index contributed by atoms with van der Waals surface area (Å²) in [7, 11) is 0. The summed E-state index contributed by atoms with van der Waals surface area (Å²) in [4.78, 5) is 29.5. The lowest BCUT2D eigenvalue weighted by molar-refractivity contribution is 0.101. The van der Waals surface area contributed by atoms with Crippen molar-refractivity contribution in [3.8, 4) is 0 Å². The molecule has 0 aromatic heterocycles. The molecule has 176 valence electrons. The van der Waals surface area contributed by atoms with Gasteiger partial charge in [0.05, 0.1) is 11.4 Å². The van der Waals surface area contributed by atoms with Crippen molar-refractivity contribution < 1.29 is 18.4 Å². The Morgan fingerprint density at radius 1 is 0.941 bits per heavy atom. The first-order valence-electron chi connectivity index (χ1n) is 11.2. The second-order valence-electron chi connectivity index (χ2n) is 8.70. The molecule has 1 saturated heterocycles. The second kappa shape index (κ2) is 9.63.